The summed E-state index contributed by atoms with van der Waals surface area (Å²) in [5.74, 6) is 0.765. The average molecular weight is 180 g/mol. The number of aliphatic hydroxyl groups excluding tert-OH is 1. The molecule has 0 spiro atoms. The third-order valence-electron chi connectivity index (χ3n) is 2.13. The normalized spacial score (nSPS) is 22.4. The van der Waals surface area contributed by atoms with E-state index in [0.717, 1.165) is 25.4 Å². The van der Waals surface area contributed by atoms with Gasteiger partial charge in [0, 0.05) is 0 Å². The minimum atomic E-state index is -0.108. The van der Waals surface area contributed by atoms with E-state index >= 15 is 0 Å². The summed E-state index contributed by atoms with van der Waals surface area (Å²) in [6, 6.07) is 0. The summed E-state index contributed by atoms with van der Waals surface area (Å²) in [6.45, 7) is 4.15. The van der Waals surface area contributed by atoms with Crippen LogP contribution in [0.15, 0.2) is 0 Å². The van der Waals surface area contributed by atoms with E-state index in [1.807, 2.05) is 6.92 Å². The minimum Gasteiger partial charge on any atom is -0.393 e. The molecule has 1 fully saturated rings. The fourth-order valence-corrected chi connectivity index (χ4v) is 1.60. The van der Waals surface area contributed by atoms with Crippen LogP contribution in [-0.4, -0.2) is 24.3 Å². The van der Waals surface area contributed by atoms with Gasteiger partial charge < -0.3 is 10.4 Å². The van der Waals surface area contributed by atoms with Crippen molar-refractivity contribution in [2.75, 3.05) is 13.1 Å². The highest BCUT2D eigenvalue weighted by Crippen LogP contribution is 2.17. The molecule has 1 unspecified atom stereocenters. The maximum absolute atomic E-state index is 9.08. The zero-order valence-electron chi connectivity index (χ0n) is 7.05. The summed E-state index contributed by atoms with van der Waals surface area (Å²) < 4.78 is 0. The van der Waals surface area contributed by atoms with Crippen LogP contribution in [0.3, 0.4) is 0 Å². The molecular weight excluding hydrogens is 162 g/mol. The van der Waals surface area contributed by atoms with Gasteiger partial charge in [-0.2, -0.15) is 0 Å². The highest BCUT2D eigenvalue weighted by molar-refractivity contribution is 5.85. The summed E-state index contributed by atoms with van der Waals surface area (Å²) >= 11 is 0. The summed E-state index contributed by atoms with van der Waals surface area (Å²) in [5, 5.41) is 12.4. The van der Waals surface area contributed by atoms with Crippen LogP contribution < -0.4 is 5.32 Å². The average Bonchev–Trinajstić information content (AvgIpc) is 1.88. The summed E-state index contributed by atoms with van der Waals surface area (Å²) in [4.78, 5) is 0. The lowest BCUT2D eigenvalue weighted by atomic mass is 9.93. The molecule has 1 atom stereocenters. The van der Waals surface area contributed by atoms with Crippen LogP contribution in [0.4, 0.5) is 0 Å². The van der Waals surface area contributed by atoms with Gasteiger partial charge in [-0.15, -0.1) is 12.4 Å². The van der Waals surface area contributed by atoms with Gasteiger partial charge in [0.25, 0.3) is 0 Å². The predicted molar refractivity (Wildman–Crippen MR) is 49.1 cm³/mol. The first-order valence-corrected chi connectivity index (χ1v) is 4.18. The van der Waals surface area contributed by atoms with E-state index in [-0.39, 0.29) is 18.5 Å². The van der Waals surface area contributed by atoms with Crippen LogP contribution in [-0.2, 0) is 0 Å². The Bertz CT molecular complexity index is 92.1. The molecule has 0 aromatic rings. The second kappa shape index (κ2) is 5.81. The molecule has 1 aliphatic heterocycles. The standard InChI is InChI=1S/C8H17NO.ClH/c1-7(10)6-8-2-4-9-5-3-8;/h7-10H,2-6H2,1H3;1H. The second-order valence-electron chi connectivity index (χ2n) is 3.28. The van der Waals surface area contributed by atoms with E-state index in [1.54, 1.807) is 0 Å². The van der Waals surface area contributed by atoms with Crippen molar-refractivity contribution < 1.29 is 5.11 Å². The zero-order valence-corrected chi connectivity index (χ0v) is 7.86. The van der Waals surface area contributed by atoms with Crippen LogP contribution in [0, 0.1) is 5.92 Å². The van der Waals surface area contributed by atoms with Crippen molar-refractivity contribution in [2.24, 2.45) is 5.92 Å². The molecule has 1 rings (SSSR count). The van der Waals surface area contributed by atoms with E-state index in [1.165, 1.54) is 12.8 Å². The van der Waals surface area contributed by atoms with Gasteiger partial charge in [-0.3, -0.25) is 0 Å². The smallest absolute Gasteiger partial charge is 0.0514 e. The Morgan fingerprint density at radius 3 is 2.45 bits per heavy atom. The van der Waals surface area contributed by atoms with Crippen molar-refractivity contribution in [1.82, 2.24) is 5.32 Å². The Kier molecular flexibility index (Phi) is 5.92. The zero-order chi connectivity index (χ0) is 7.40. The molecule has 11 heavy (non-hydrogen) atoms. The molecule has 0 bridgehead atoms. The molecule has 2 nitrogen and oxygen atoms in total. The maximum Gasteiger partial charge on any atom is 0.0514 e. The van der Waals surface area contributed by atoms with Crippen molar-refractivity contribution in [1.29, 1.82) is 0 Å². The van der Waals surface area contributed by atoms with Gasteiger partial charge in [-0.05, 0) is 45.2 Å². The minimum absolute atomic E-state index is 0. The topological polar surface area (TPSA) is 32.3 Å². The highest BCUT2D eigenvalue weighted by atomic mass is 35.5. The van der Waals surface area contributed by atoms with Crippen LogP contribution in [0.2, 0.25) is 0 Å². The molecule has 1 heterocycles. The Morgan fingerprint density at radius 2 is 2.00 bits per heavy atom. The van der Waals surface area contributed by atoms with Gasteiger partial charge >= 0.3 is 0 Å². The quantitative estimate of drug-likeness (QED) is 0.668. The van der Waals surface area contributed by atoms with Gasteiger partial charge in [0.1, 0.15) is 0 Å². The second-order valence-corrected chi connectivity index (χ2v) is 3.28. The molecule has 3 heteroatoms. The van der Waals surface area contributed by atoms with Crippen molar-refractivity contribution >= 4 is 12.4 Å². The Morgan fingerprint density at radius 1 is 1.45 bits per heavy atom. The van der Waals surface area contributed by atoms with Crippen LogP contribution in [0.1, 0.15) is 26.2 Å². The van der Waals surface area contributed by atoms with Crippen molar-refractivity contribution in [3.8, 4) is 0 Å². The summed E-state index contributed by atoms with van der Waals surface area (Å²) in [5.41, 5.74) is 0. The molecule has 1 saturated heterocycles. The van der Waals surface area contributed by atoms with Crippen molar-refractivity contribution in [2.45, 2.75) is 32.3 Å². The van der Waals surface area contributed by atoms with Crippen LogP contribution in [0.5, 0.6) is 0 Å². The molecule has 0 aromatic carbocycles. The highest BCUT2D eigenvalue weighted by Gasteiger charge is 2.14. The monoisotopic (exact) mass is 179 g/mol. The van der Waals surface area contributed by atoms with Gasteiger partial charge in [-0.1, -0.05) is 0 Å². The number of halogens is 1. The van der Waals surface area contributed by atoms with E-state index in [4.69, 9.17) is 5.11 Å². The first kappa shape index (κ1) is 11.2. The van der Waals surface area contributed by atoms with Crippen LogP contribution in [0.25, 0.3) is 0 Å². The number of aliphatic hydroxyl groups is 1. The number of hydrogen-bond donors (Lipinski definition) is 2. The molecule has 0 saturated carbocycles. The lowest BCUT2D eigenvalue weighted by Gasteiger charge is -2.23. The lowest BCUT2D eigenvalue weighted by molar-refractivity contribution is 0.149. The van der Waals surface area contributed by atoms with Gasteiger partial charge in [-0.25, -0.2) is 0 Å². The van der Waals surface area contributed by atoms with Gasteiger partial charge in [0.05, 0.1) is 6.10 Å². The number of rotatable bonds is 2. The Hall–Kier alpha value is 0.210. The molecule has 0 aromatic heterocycles. The SMILES string of the molecule is CC(O)CC1CCNCC1.Cl. The third-order valence-corrected chi connectivity index (χ3v) is 2.13. The molecule has 2 N–H and O–H groups in total. The van der Waals surface area contributed by atoms with E-state index in [9.17, 15) is 0 Å². The first-order valence-electron chi connectivity index (χ1n) is 4.18. The van der Waals surface area contributed by atoms with E-state index in [0.29, 0.717) is 0 Å². The number of nitrogens with one attached hydrogen (secondary N) is 1. The van der Waals surface area contributed by atoms with Crippen molar-refractivity contribution in [3.63, 3.8) is 0 Å². The maximum atomic E-state index is 9.08. The van der Waals surface area contributed by atoms with E-state index < -0.39 is 0 Å². The fraction of sp³-hybridized carbons (Fsp3) is 1.00. The van der Waals surface area contributed by atoms with Crippen molar-refractivity contribution in [3.05, 3.63) is 0 Å². The first-order chi connectivity index (χ1) is 4.79. The molecule has 0 radical (unpaired) electrons. The lowest BCUT2D eigenvalue weighted by Crippen LogP contribution is -2.29. The number of piperidine rings is 1. The fourth-order valence-electron chi connectivity index (χ4n) is 1.60. The summed E-state index contributed by atoms with van der Waals surface area (Å²) in [6.07, 6.45) is 3.36. The Labute approximate surface area is 74.8 Å². The molecule has 68 valence electrons. The van der Waals surface area contributed by atoms with Gasteiger partial charge in [0.2, 0.25) is 0 Å². The molecule has 0 aliphatic carbocycles. The van der Waals surface area contributed by atoms with E-state index in [2.05, 4.69) is 5.32 Å². The largest absolute Gasteiger partial charge is 0.393 e. The molecule has 1 aliphatic rings. The third kappa shape index (κ3) is 4.62. The van der Waals surface area contributed by atoms with Crippen LogP contribution >= 0.6 is 12.4 Å². The summed E-state index contributed by atoms with van der Waals surface area (Å²) in [7, 11) is 0. The predicted octanol–water partition coefficient (Wildman–Crippen LogP) is 1.18. The molecular formula is C8H18ClNO. The number of hydrogen-bond acceptors (Lipinski definition) is 2. The van der Waals surface area contributed by atoms with Gasteiger partial charge in [0.15, 0.2) is 0 Å². The molecule has 0 amide bonds. The Balaban J connectivity index is 0.000001000.